The summed E-state index contributed by atoms with van der Waals surface area (Å²) in [7, 11) is 1.61. The monoisotopic (exact) mass is 430 g/mol. The molecular weight excluding hydrogens is 411 g/mol. The maximum atomic E-state index is 13.5. The lowest BCUT2D eigenvalue weighted by Crippen LogP contribution is -2.37. The third-order valence-corrected chi connectivity index (χ3v) is 4.73. The number of hydrogen-bond donors (Lipinski definition) is 2. The van der Waals surface area contributed by atoms with Gasteiger partial charge in [0.2, 0.25) is 17.8 Å². The largest absolute Gasteiger partial charge is 0.497 e. The smallest absolute Gasteiger partial charge is 0.233 e. The van der Waals surface area contributed by atoms with E-state index < -0.39 is 5.82 Å². The Hall–Kier alpha value is -3.17. The van der Waals surface area contributed by atoms with Gasteiger partial charge in [-0.3, -0.25) is 0 Å². The van der Waals surface area contributed by atoms with Crippen molar-refractivity contribution in [3.63, 3.8) is 0 Å². The van der Waals surface area contributed by atoms with Gasteiger partial charge in [-0.1, -0.05) is 11.6 Å². The molecule has 1 aliphatic rings. The van der Waals surface area contributed by atoms with E-state index in [0.29, 0.717) is 49.8 Å². The summed E-state index contributed by atoms with van der Waals surface area (Å²) in [5.41, 5.74) is 1.36. The highest BCUT2D eigenvalue weighted by Gasteiger charge is 2.17. The molecule has 1 saturated heterocycles. The summed E-state index contributed by atoms with van der Waals surface area (Å²) >= 11 is 5.88. The van der Waals surface area contributed by atoms with E-state index in [0.717, 1.165) is 11.4 Å². The van der Waals surface area contributed by atoms with Crippen molar-refractivity contribution in [1.29, 1.82) is 0 Å². The molecule has 1 aliphatic heterocycles. The van der Waals surface area contributed by atoms with Crippen molar-refractivity contribution >= 4 is 40.8 Å². The zero-order valence-corrected chi connectivity index (χ0v) is 17.0. The molecule has 1 fully saturated rings. The number of ether oxygens (including phenoxy) is 2. The molecule has 0 amide bonds. The second-order valence-corrected chi connectivity index (χ2v) is 6.90. The Kier molecular flexibility index (Phi) is 6.10. The van der Waals surface area contributed by atoms with Gasteiger partial charge in [0, 0.05) is 24.5 Å². The molecule has 4 rings (SSSR count). The molecule has 0 saturated carbocycles. The van der Waals surface area contributed by atoms with Crippen molar-refractivity contribution in [2.24, 2.45) is 0 Å². The van der Waals surface area contributed by atoms with Gasteiger partial charge >= 0.3 is 0 Å². The minimum Gasteiger partial charge on any atom is -0.497 e. The molecule has 3 aromatic rings. The number of benzene rings is 2. The Bertz CT molecular complexity index is 1010. The van der Waals surface area contributed by atoms with Crippen LogP contribution in [0.25, 0.3) is 0 Å². The van der Waals surface area contributed by atoms with Gasteiger partial charge in [0.25, 0.3) is 0 Å². The first-order valence-electron chi connectivity index (χ1n) is 9.32. The highest BCUT2D eigenvalue weighted by atomic mass is 35.5. The minimum atomic E-state index is -0.492. The Morgan fingerprint density at radius 3 is 2.23 bits per heavy atom. The van der Waals surface area contributed by atoms with Crippen LogP contribution in [0, 0.1) is 5.82 Å². The molecule has 0 radical (unpaired) electrons. The Labute approximate surface area is 178 Å². The summed E-state index contributed by atoms with van der Waals surface area (Å²) in [6.45, 7) is 2.55. The van der Waals surface area contributed by atoms with E-state index in [1.165, 1.54) is 12.1 Å². The molecule has 0 spiro atoms. The molecule has 0 atom stereocenters. The van der Waals surface area contributed by atoms with Gasteiger partial charge in [-0.15, -0.1) is 0 Å². The molecule has 30 heavy (non-hydrogen) atoms. The van der Waals surface area contributed by atoms with Crippen LogP contribution in [0.3, 0.4) is 0 Å². The van der Waals surface area contributed by atoms with Gasteiger partial charge in [-0.05, 0) is 42.5 Å². The third-order valence-electron chi connectivity index (χ3n) is 4.44. The van der Waals surface area contributed by atoms with Crippen molar-refractivity contribution in [2.45, 2.75) is 0 Å². The fourth-order valence-electron chi connectivity index (χ4n) is 2.89. The molecule has 10 heteroatoms. The van der Waals surface area contributed by atoms with E-state index >= 15 is 0 Å². The fraction of sp³-hybridized carbons (Fsp3) is 0.250. The van der Waals surface area contributed by atoms with Crippen LogP contribution in [0.15, 0.2) is 42.5 Å². The normalized spacial score (nSPS) is 13.8. The fourth-order valence-corrected chi connectivity index (χ4v) is 3.07. The molecule has 0 aliphatic carbocycles. The van der Waals surface area contributed by atoms with Crippen LogP contribution in [0.5, 0.6) is 5.75 Å². The molecule has 8 nitrogen and oxygen atoms in total. The molecule has 2 heterocycles. The number of aromatic nitrogens is 3. The summed E-state index contributed by atoms with van der Waals surface area (Å²) in [6.07, 6.45) is 0. The number of halogens is 2. The van der Waals surface area contributed by atoms with Crippen LogP contribution in [0.4, 0.5) is 33.6 Å². The van der Waals surface area contributed by atoms with Gasteiger partial charge in [-0.2, -0.15) is 15.0 Å². The van der Waals surface area contributed by atoms with Gasteiger partial charge in [0.05, 0.1) is 25.3 Å². The maximum absolute atomic E-state index is 13.5. The van der Waals surface area contributed by atoms with Crippen molar-refractivity contribution in [3.05, 3.63) is 53.3 Å². The van der Waals surface area contributed by atoms with E-state index in [-0.39, 0.29) is 5.02 Å². The number of nitrogens with one attached hydrogen (secondary N) is 2. The van der Waals surface area contributed by atoms with E-state index in [9.17, 15) is 4.39 Å². The number of anilines is 5. The maximum Gasteiger partial charge on any atom is 0.233 e. The lowest BCUT2D eigenvalue weighted by atomic mass is 10.3. The first-order chi connectivity index (χ1) is 14.6. The third kappa shape index (κ3) is 4.87. The highest BCUT2D eigenvalue weighted by Crippen LogP contribution is 2.24. The van der Waals surface area contributed by atoms with Crippen LogP contribution in [-0.4, -0.2) is 48.4 Å². The number of rotatable bonds is 6. The summed E-state index contributed by atoms with van der Waals surface area (Å²) in [6, 6.07) is 11.7. The van der Waals surface area contributed by atoms with Crippen molar-refractivity contribution in [2.75, 3.05) is 48.9 Å². The van der Waals surface area contributed by atoms with Crippen LogP contribution in [-0.2, 0) is 4.74 Å². The molecule has 0 bridgehead atoms. The first kappa shape index (κ1) is 20.1. The van der Waals surface area contributed by atoms with Gasteiger partial charge < -0.3 is 25.0 Å². The Morgan fingerprint density at radius 2 is 1.60 bits per heavy atom. The highest BCUT2D eigenvalue weighted by molar-refractivity contribution is 6.31. The lowest BCUT2D eigenvalue weighted by molar-refractivity contribution is 0.122. The first-order valence-corrected chi connectivity index (χ1v) is 9.70. The van der Waals surface area contributed by atoms with Crippen LogP contribution in [0.2, 0.25) is 5.02 Å². The average molecular weight is 431 g/mol. The molecule has 0 unspecified atom stereocenters. The van der Waals surface area contributed by atoms with Crippen molar-refractivity contribution in [3.8, 4) is 5.75 Å². The lowest BCUT2D eigenvalue weighted by Gasteiger charge is -2.27. The molecule has 1 aromatic heterocycles. The summed E-state index contributed by atoms with van der Waals surface area (Å²) < 4.78 is 24.1. The quantitative estimate of drug-likeness (QED) is 0.607. The minimum absolute atomic E-state index is 0.0130. The van der Waals surface area contributed by atoms with Gasteiger partial charge in [-0.25, -0.2) is 4.39 Å². The van der Waals surface area contributed by atoms with Gasteiger partial charge in [0.15, 0.2) is 0 Å². The number of nitrogens with zero attached hydrogens (tertiary/aromatic N) is 4. The topological polar surface area (TPSA) is 84.4 Å². The van der Waals surface area contributed by atoms with Gasteiger partial charge in [0.1, 0.15) is 11.6 Å². The standard InChI is InChI=1S/C20H20ClFN6O2/c1-29-15-5-2-13(3-6-15)23-18-25-19(24-14-4-7-17(22)16(21)12-14)27-20(26-18)28-8-10-30-11-9-28/h2-7,12H,8-11H2,1H3,(H2,23,24,25,26,27). The Balaban J connectivity index is 1.63. The summed E-state index contributed by atoms with van der Waals surface area (Å²) in [4.78, 5) is 15.5. The molecular formula is C20H20ClFN6O2. The van der Waals surface area contributed by atoms with Crippen molar-refractivity contribution < 1.29 is 13.9 Å². The van der Waals surface area contributed by atoms with Crippen molar-refractivity contribution in [1.82, 2.24) is 15.0 Å². The predicted molar refractivity (Wildman–Crippen MR) is 114 cm³/mol. The average Bonchev–Trinajstić information content (AvgIpc) is 2.77. The summed E-state index contributed by atoms with van der Waals surface area (Å²) in [5, 5.41) is 6.26. The number of methoxy groups -OCH3 is 1. The van der Waals surface area contributed by atoms with E-state index in [1.807, 2.05) is 29.2 Å². The van der Waals surface area contributed by atoms with E-state index in [1.54, 1.807) is 13.2 Å². The van der Waals surface area contributed by atoms with Crippen LogP contribution >= 0.6 is 11.6 Å². The number of morpholine rings is 1. The molecule has 156 valence electrons. The van der Waals surface area contributed by atoms with E-state index in [4.69, 9.17) is 21.1 Å². The predicted octanol–water partition coefficient (Wildman–Crippen LogP) is 4.00. The summed E-state index contributed by atoms with van der Waals surface area (Å²) in [5.74, 6) is 1.45. The van der Waals surface area contributed by atoms with Crippen LogP contribution < -0.4 is 20.3 Å². The van der Waals surface area contributed by atoms with E-state index in [2.05, 4.69) is 25.6 Å². The second-order valence-electron chi connectivity index (χ2n) is 6.49. The molecule has 2 N–H and O–H groups in total. The number of hydrogen-bond acceptors (Lipinski definition) is 8. The van der Waals surface area contributed by atoms with Crippen LogP contribution in [0.1, 0.15) is 0 Å². The zero-order valence-electron chi connectivity index (χ0n) is 16.2. The zero-order chi connectivity index (χ0) is 20.9. The SMILES string of the molecule is COc1ccc(Nc2nc(Nc3ccc(F)c(Cl)c3)nc(N3CCOCC3)n2)cc1. The second kappa shape index (κ2) is 9.10. The molecule has 2 aromatic carbocycles. The Morgan fingerprint density at radius 1 is 0.967 bits per heavy atom.